The van der Waals surface area contributed by atoms with E-state index < -0.39 is 0 Å². The van der Waals surface area contributed by atoms with E-state index in [1.54, 1.807) is 18.4 Å². The molecule has 2 nitrogen and oxygen atoms in total. The van der Waals surface area contributed by atoms with E-state index in [1.165, 1.54) is 5.56 Å². The number of nitrogens with two attached hydrogens (primary N) is 1. The molecule has 90 valence electrons. The molecule has 2 aromatic rings. The van der Waals surface area contributed by atoms with Crippen LogP contribution in [0.3, 0.4) is 0 Å². The Bertz CT molecular complexity index is 524. The molecule has 0 spiro atoms. The number of halogens is 1. The molecule has 0 amide bonds. The topological polar surface area (TPSA) is 35.2 Å². The van der Waals surface area contributed by atoms with Crippen LogP contribution in [0, 0.1) is 6.92 Å². The molecule has 0 radical (unpaired) electrons. The second kappa shape index (κ2) is 5.21. The Morgan fingerprint density at radius 1 is 1.35 bits per heavy atom. The first-order valence-electron chi connectivity index (χ1n) is 5.26. The summed E-state index contributed by atoms with van der Waals surface area (Å²) in [5.41, 5.74) is 8.47. The van der Waals surface area contributed by atoms with Crippen LogP contribution in [0.4, 0.5) is 0 Å². The van der Waals surface area contributed by atoms with Crippen molar-refractivity contribution in [3.63, 3.8) is 0 Å². The smallest absolute Gasteiger partial charge is 0.124 e. The molecule has 0 bridgehead atoms. The third-order valence-corrected chi connectivity index (χ3v) is 4.61. The van der Waals surface area contributed by atoms with E-state index in [2.05, 4.69) is 22.0 Å². The molecule has 0 aliphatic carbocycles. The number of rotatable bonds is 3. The fourth-order valence-corrected chi connectivity index (χ4v) is 3.38. The summed E-state index contributed by atoms with van der Waals surface area (Å²) in [6.45, 7) is 2.04. The highest BCUT2D eigenvalue weighted by Gasteiger charge is 2.17. The first kappa shape index (κ1) is 12.6. The van der Waals surface area contributed by atoms with E-state index in [0.29, 0.717) is 0 Å². The summed E-state index contributed by atoms with van der Waals surface area (Å²) in [4.78, 5) is 1.12. The van der Waals surface area contributed by atoms with Crippen molar-refractivity contribution in [1.29, 1.82) is 0 Å². The third kappa shape index (κ3) is 2.54. The lowest BCUT2D eigenvalue weighted by atomic mass is 10.0. The van der Waals surface area contributed by atoms with Crippen molar-refractivity contribution >= 4 is 27.3 Å². The van der Waals surface area contributed by atoms with Gasteiger partial charge in [0.1, 0.15) is 5.75 Å². The van der Waals surface area contributed by atoms with Gasteiger partial charge in [-0.1, -0.05) is 12.1 Å². The van der Waals surface area contributed by atoms with Gasteiger partial charge in [0, 0.05) is 14.9 Å². The van der Waals surface area contributed by atoms with Gasteiger partial charge in [-0.15, -0.1) is 11.3 Å². The average molecular weight is 312 g/mol. The van der Waals surface area contributed by atoms with Gasteiger partial charge in [0.25, 0.3) is 0 Å². The predicted octanol–water partition coefficient (Wildman–Crippen LogP) is 3.88. The molecule has 0 saturated heterocycles. The van der Waals surface area contributed by atoms with E-state index in [1.807, 2.05) is 30.5 Å². The number of benzene rings is 1. The van der Waals surface area contributed by atoms with Crippen LogP contribution in [-0.4, -0.2) is 7.11 Å². The molecule has 0 fully saturated rings. The number of hydrogen-bond donors (Lipinski definition) is 1. The molecule has 17 heavy (non-hydrogen) atoms. The van der Waals surface area contributed by atoms with E-state index in [4.69, 9.17) is 10.5 Å². The Morgan fingerprint density at radius 3 is 2.71 bits per heavy atom. The monoisotopic (exact) mass is 311 g/mol. The maximum atomic E-state index is 6.29. The first-order valence-corrected chi connectivity index (χ1v) is 6.93. The molecule has 1 unspecified atom stereocenters. The summed E-state index contributed by atoms with van der Waals surface area (Å²) < 4.78 is 6.45. The minimum Gasteiger partial charge on any atom is -0.496 e. The number of hydrogen-bond acceptors (Lipinski definition) is 3. The average Bonchev–Trinajstić information content (AvgIpc) is 2.74. The Kier molecular flexibility index (Phi) is 3.86. The zero-order valence-electron chi connectivity index (χ0n) is 9.74. The van der Waals surface area contributed by atoms with Crippen LogP contribution in [0.2, 0.25) is 0 Å². The standard InChI is InChI=1S/C13H14BrNOS/c1-8-3-4-9(11(7-8)16-2)12(15)13-10(14)5-6-17-13/h3-7,12H,15H2,1-2H3. The quantitative estimate of drug-likeness (QED) is 0.933. The van der Waals surface area contributed by atoms with Crippen LogP contribution in [-0.2, 0) is 0 Å². The molecule has 2 N–H and O–H groups in total. The molecular weight excluding hydrogens is 298 g/mol. The van der Waals surface area contributed by atoms with Gasteiger partial charge >= 0.3 is 0 Å². The van der Waals surface area contributed by atoms with Gasteiger partial charge in [-0.2, -0.15) is 0 Å². The van der Waals surface area contributed by atoms with Gasteiger partial charge in [-0.3, -0.25) is 0 Å². The largest absolute Gasteiger partial charge is 0.496 e. The number of aryl methyl sites for hydroxylation is 1. The van der Waals surface area contributed by atoms with Gasteiger partial charge in [-0.05, 0) is 45.9 Å². The van der Waals surface area contributed by atoms with Crippen molar-refractivity contribution < 1.29 is 4.74 Å². The van der Waals surface area contributed by atoms with E-state index in [-0.39, 0.29) is 6.04 Å². The molecule has 1 aromatic carbocycles. The molecule has 0 saturated carbocycles. The number of ether oxygens (including phenoxy) is 1. The fourth-order valence-electron chi connectivity index (χ4n) is 1.74. The zero-order chi connectivity index (χ0) is 12.4. The van der Waals surface area contributed by atoms with E-state index >= 15 is 0 Å². The molecular formula is C13H14BrNOS. The van der Waals surface area contributed by atoms with Crippen molar-refractivity contribution in [1.82, 2.24) is 0 Å². The SMILES string of the molecule is COc1cc(C)ccc1C(N)c1sccc1Br. The summed E-state index contributed by atoms with van der Waals surface area (Å²) in [6, 6.07) is 7.96. The van der Waals surface area contributed by atoms with Crippen LogP contribution >= 0.6 is 27.3 Å². The molecule has 4 heteroatoms. The number of thiophene rings is 1. The van der Waals surface area contributed by atoms with Gasteiger partial charge in [0.2, 0.25) is 0 Å². The molecule has 2 rings (SSSR count). The van der Waals surface area contributed by atoms with Gasteiger partial charge < -0.3 is 10.5 Å². The molecule has 0 aliphatic heterocycles. The summed E-state index contributed by atoms with van der Waals surface area (Å²) in [5.74, 6) is 0.845. The molecule has 1 aromatic heterocycles. The lowest BCUT2D eigenvalue weighted by Crippen LogP contribution is -2.12. The van der Waals surface area contributed by atoms with Crippen molar-refractivity contribution in [3.05, 3.63) is 50.1 Å². The molecule has 1 heterocycles. The van der Waals surface area contributed by atoms with Gasteiger partial charge in [-0.25, -0.2) is 0 Å². The first-order chi connectivity index (χ1) is 8.13. The second-order valence-electron chi connectivity index (χ2n) is 3.86. The maximum absolute atomic E-state index is 6.29. The predicted molar refractivity (Wildman–Crippen MR) is 75.8 cm³/mol. The highest BCUT2D eigenvalue weighted by Crippen LogP contribution is 2.35. The normalized spacial score (nSPS) is 12.5. The lowest BCUT2D eigenvalue weighted by Gasteiger charge is -2.15. The van der Waals surface area contributed by atoms with E-state index in [0.717, 1.165) is 20.7 Å². The lowest BCUT2D eigenvalue weighted by molar-refractivity contribution is 0.407. The Morgan fingerprint density at radius 2 is 2.12 bits per heavy atom. The van der Waals surface area contributed by atoms with Gasteiger partial charge in [0.05, 0.1) is 13.2 Å². The van der Waals surface area contributed by atoms with E-state index in [9.17, 15) is 0 Å². The Labute approximate surface area is 114 Å². The van der Waals surface area contributed by atoms with Crippen LogP contribution in [0.5, 0.6) is 5.75 Å². The summed E-state index contributed by atoms with van der Waals surface area (Å²) in [5, 5.41) is 2.03. The van der Waals surface area contributed by atoms with Gasteiger partial charge in [0.15, 0.2) is 0 Å². The van der Waals surface area contributed by atoms with Crippen molar-refractivity contribution in [2.45, 2.75) is 13.0 Å². The van der Waals surface area contributed by atoms with Crippen LogP contribution in [0.1, 0.15) is 22.0 Å². The summed E-state index contributed by atoms with van der Waals surface area (Å²) in [6.07, 6.45) is 0. The Balaban J connectivity index is 2.44. The minimum atomic E-state index is -0.153. The summed E-state index contributed by atoms with van der Waals surface area (Å²) in [7, 11) is 1.68. The van der Waals surface area contributed by atoms with Crippen LogP contribution < -0.4 is 10.5 Å². The molecule has 1 atom stereocenters. The van der Waals surface area contributed by atoms with Crippen LogP contribution in [0.15, 0.2) is 34.1 Å². The zero-order valence-corrected chi connectivity index (χ0v) is 12.1. The minimum absolute atomic E-state index is 0.153. The third-order valence-electron chi connectivity index (χ3n) is 2.65. The van der Waals surface area contributed by atoms with Crippen molar-refractivity contribution in [3.8, 4) is 5.75 Å². The van der Waals surface area contributed by atoms with Crippen molar-refractivity contribution in [2.75, 3.05) is 7.11 Å². The van der Waals surface area contributed by atoms with Crippen molar-refractivity contribution in [2.24, 2.45) is 5.73 Å². The van der Waals surface area contributed by atoms with Crippen LogP contribution in [0.25, 0.3) is 0 Å². The molecule has 0 aliphatic rings. The summed E-state index contributed by atoms with van der Waals surface area (Å²) >= 11 is 5.16. The second-order valence-corrected chi connectivity index (χ2v) is 5.66. The highest BCUT2D eigenvalue weighted by molar-refractivity contribution is 9.10. The number of methoxy groups -OCH3 is 1. The Hall–Kier alpha value is -0.840. The fraction of sp³-hybridized carbons (Fsp3) is 0.231. The highest BCUT2D eigenvalue weighted by atomic mass is 79.9. The maximum Gasteiger partial charge on any atom is 0.124 e.